The normalized spacial score (nSPS) is 10.6. The van der Waals surface area contributed by atoms with Crippen molar-refractivity contribution < 1.29 is 4.74 Å². The first-order valence-corrected chi connectivity index (χ1v) is 7.37. The van der Waals surface area contributed by atoms with Crippen LogP contribution in [0, 0.1) is 13.8 Å². The van der Waals surface area contributed by atoms with Crippen molar-refractivity contribution in [3.05, 3.63) is 33.8 Å². The van der Waals surface area contributed by atoms with Gasteiger partial charge in [0.05, 0.1) is 23.8 Å². The Bertz CT molecular complexity index is 579. The van der Waals surface area contributed by atoms with E-state index in [0.29, 0.717) is 38.1 Å². The molecule has 0 spiro atoms. The van der Waals surface area contributed by atoms with Gasteiger partial charge >= 0.3 is 0 Å². The molecule has 0 bridgehead atoms. The second kappa shape index (κ2) is 5.94. The molecule has 0 saturated carbocycles. The van der Waals surface area contributed by atoms with Gasteiger partial charge in [0.1, 0.15) is 10.0 Å². The molecule has 0 aliphatic rings. The van der Waals surface area contributed by atoms with E-state index >= 15 is 0 Å². The standard InChI is InChI=1S/C12H11Cl2N3OS/c1-6-9(13)11(10(14)7(2)17-6)18-8-4-15-12(19-3)16-5-8/h4-5H,1-3H3. The smallest absolute Gasteiger partial charge is 0.187 e. The largest absolute Gasteiger partial charge is 0.451 e. The number of pyridine rings is 1. The van der Waals surface area contributed by atoms with Crippen LogP contribution in [0.15, 0.2) is 17.6 Å². The molecule has 0 amide bonds. The number of aromatic nitrogens is 3. The van der Waals surface area contributed by atoms with E-state index in [1.807, 2.05) is 6.26 Å². The molecule has 2 aromatic heterocycles. The lowest BCUT2D eigenvalue weighted by atomic mass is 10.3. The zero-order chi connectivity index (χ0) is 14.0. The average molecular weight is 316 g/mol. The number of aryl methyl sites for hydroxylation is 2. The minimum absolute atomic E-state index is 0.383. The maximum absolute atomic E-state index is 6.16. The molecule has 2 rings (SSSR count). The first kappa shape index (κ1) is 14.4. The first-order valence-electron chi connectivity index (χ1n) is 5.39. The quantitative estimate of drug-likeness (QED) is 0.624. The van der Waals surface area contributed by atoms with Crippen LogP contribution in [-0.2, 0) is 0 Å². The summed E-state index contributed by atoms with van der Waals surface area (Å²) in [4.78, 5) is 12.5. The molecule has 0 radical (unpaired) electrons. The lowest BCUT2D eigenvalue weighted by molar-refractivity contribution is 0.474. The molecule has 0 fully saturated rings. The third kappa shape index (κ3) is 3.11. The van der Waals surface area contributed by atoms with Gasteiger partial charge in [-0.15, -0.1) is 0 Å². The third-order valence-corrected chi connectivity index (χ3v) is 3.84. The van der Waals surface area contributed by atoms with Crippen LogP contribution in [0.25, 0.3) is 0 Å². The Morgan fingerprint density at radius 2 is 1.58 bits per heavy atom. The summed E-state index contributed by atoms with van der Waals surface area (Å²) in [5.41, 5.74) is 1.33. The van der Waals surface area contributed by atoms with Gasteiger partial charge in [0.15, 0.2) is 16.7 Å². The molecule has 4 nitrogen and oxygen atoms in total. The summed E-state index contributed by atoms with van der Waals surface area (Å²) in [5.74, 6) is 0.862. The molecule has 0 aliphatic carbocycles. The van der Waals surface area contributed by atoms with E-state index in [1.165, 1.54) is 11.8 Å². The van der Waals surface area contributed by atoms with E-state index in [-0.39, 0.29) is 0 Å². The monoisotopic (exact) mass is 315 g/mol. The summed E-state index contributed by atoms with van der Waals surface area (Å²) in [6.45, 7) is 3.59. The third-order valence-electron chi connectivity index (χ3n) is 2.38. The number of nitrogens with zero attached hydrogens (tertiary/aromatic N) is 3. The van der Waals surface area contributed by atoms with Gasteiger partial charge in [0, 0.05) is 0 Å². The Morgan fingerprint density at radius 3 is 2.05 bits per heavy atom. The van der Waals surface area contributed by atoms with Gasteiger partial charge in [-0.3, -0.25) is 4.98 Å². The highest BCUT2D eigenvalue weighted by Gasteiger charge is 2.15. The van der Waals surface area contributed by atoms with Crippen LogP contribution in [0.4, 0.5) is 0 Å². The predicted octanol–water partition coefficient (Wildman–Crippen LogP) is 4.31. The zero-order valence-corrected chi connectivity index (χ0v) is 12.9. The first-order chi connectivity index (χ1) is 9.02. The number of thioether (sulfide) groups is 1. The molecule has 0 unspecified atom stereocenters. The van der Waals surface area contributed by atoms with Crippen molar-refractivity contribution in [3.8, 4) is 11.5 Å². The van der Waals surface area contributed by atoms with Gasteiger partial charge in [0.25, 0.3) is 0 Å². The van der Waals surface area contributed by atoms with E-state index < -0.39 is 0 Å². The lowest BCUT2D eigenvalue weighted by Gasteiger charge is -2.12. The summed E-state index contributed by atoms with van der Waals surface area (Å²) in [7, 11) is 0. The van der Waals surface area contributed by atoms with Crippen LogP contribution >= 0.6 is 35.0 Å². The number of ether oxygens (including phenoxy) is 1. The topological polar surface area (TPSA) is 47.9 Å². The summed E-state index contributed by atoms with van der Waals surface area (Å²) >= 11 is 13.8. The number of hydrogen-bond donors (Lipinski definition) is 0. The van der Waals surface area contributed by atoms with Gasteiger partial charge < -0.3 is 4.74 Å². The van der Waals surface area contributed by atoms with E-state index in [1.54, 1.807) is 26.2 Å². The Labute approximate surface area is 125 Å². The van der Waals surface area contributed by atoms with Crippen LogP contribution in [0.3, 0.4) is 0 Å². The van der Waals surface area contributed by atoms with E-state index in [9.17, 15) is 0 Å². The van der Waals surface area contributed by atoms with Crippen molar-refractivity contribution in [1.82, 2.24) is 15.0 Å². The van der Waals surface area contributed by atoms with Crippen molar-refractivity contribution in [2.45, 2.75) is 19.0 Å². The van der Waals surface area contributed by atoms with Gasteiger partial charge in [-0.1, -0.05) is 35.0 Å². The lowest BCUT2D eigenvalue weighted by Crippen LogP contribution is -1.96. The molecule has 2 aromatic rings. The fourth-order valence-electron chi connectivity index (χ4n) is 1.44. The van der Waals surface area contributed by atoms with Crippen molar-refractivity contribution in [3.63, 3.8) is 0 Å². The van der Waals surface area contributed by atoms with E-state index in [4.69, 9.17) is 27.9 Å². The van der Waals surface area contributed by atoms with Crippen LogP contribution in [0.1, 0.15) is 11.4 Å². The molecule has 0 aliphatic heterocycles. The maximum atomic E-state index is 6.16. The van der Waals surface area contributed by atoms with Crippen molar-refractivity contribution in [1.29, 1.82) is 0 Å². The average Bonchev–Trinajstić information content (AvgIpc) is 2.42. The van der Waals surface area contributed by atoms with E-state index in [2.05, 4.69) is 15.0 Å². The Balaban J connectivity index is 2.37. The Hall–Kier alpha value is -1.04. The number of hydrogen-bond acceptors (Lipinski definition) is 5. The predicted molar refractivity (Wildman–Crippen MR) is 77.6 cm³/mol. The fourth-order valence-corrected chi connectivity index (χ4v) is 2.16. The summed E-state index contributed by atoms with van der Waals surface area (Å²) < 4.78 is 5.66. The molecule has 19 heavy (non-hydrogen) atoms. The number of rotatable bonds is 3. The van der Waals surface area contributed by atoms with Crippen molar-refractivity contribution in [2.24, 2.45) is 0 Å². The maximum Gasteiger partial charge on any atom is 0.187 e. The Morgan fingerprint density at radius 1 is 1.05 bits per heavy atom. The van der Waals surface area contributed by atoms with Crippen LogP contribution < -0.4 is 4.74 Å². The van der Waals surface area contributed by atoms with Crippen LogP contribution in [0.2, 0.25) is 10.0 Å². The highest BCUT2D eigenvalue weighted by atomic mass is 35.5. The molecule has 2 heterocycles. The molecule has 7 heteroatoms. The molecule has 100 valence electrons. The molecule has 0 saturated heterocycles. The zero-order valence-electron chi connectivity index (χ0n) is 10.6. The summed E-state index contributed by atoms with van der Waals surface area (Å²) in [6.07, 6.45) is 5.06. The number of halogens is 2. The molecular formula is C12H11Cl2N3OS. The van der Waals surface area contributed by atoms with Gasteiger partial charge in [-0.2, -0.15) is 0 Å². The second-order valence-corrected chi connectivity index (χ2v) is 5.28. The fraction of sp³-hybridized carbons (Fsp3) is 0.250. The van der Waals surface area contributed by atoms with E-state index in [0.717, 1.165) is 0 Å². The molecule has 0 aromatic carbocycles. The Kier molecular flexibility index (Phi) is 4.50. The van der Waals surface area contributed by atoms with Gasteiger partial charge in [-0.25, -0.2) is 9.97 Å². The SMILES string of the molecule is CSc1ncc(Oc2c(Cl)c(C)nc(C)c2Cl)cn1. The minimum Gasteiger partial charge on any atom is -0.451 e. The van der Waals surface area contributed by atoms with Gasteiger partial charge in [0.2, 0.25) is 0 Å². The minimum atomic E-state index is 0.383. The van der Waals surface area contributed by atoms with Crippen molar-refractivity contribution in [2.75, 3.05) is 6.26 Å². The summed E-state index contributed by atoms with van der Waals surface area (Å²) in [5, 5.41) is 1.46. The van der Waals surface area contributed by atoms with Crippen LogP contribution in [0.5, 0.6) is 11.5 Å². The van der Waals surface area contributed by atoms with Crippen LogP contribution in [-0.4, -0.2) is 21.2 Å². The highest BCUT2D eigenvalue weighted by Crippen LogP contribution is 2.38. The molecular weight excluding hydrogens is 305 g/mol. The second-order valence-electron chi connectivity index (χ2n) is 3.75. The van der Waals surface area contributed by atoms with Gasteiger partial charge in [-0.05, 0) is 20.1 Å². The van der Waals surface area contributed by atoms with Crippen molar-refractivity contribution >= 4 is 35.0 Å². The molecule has 0 N–H and O–H groups in total. The summed E-state index contributed by atoms with van der Waals surface area (Å²) in [6, 6.07) is 0. The molecule has 0 atom stereocenters. The highest BCUT2D eigenvalue weighted by molar-refractivity contribution is 7.98.